The van der Waals surface area contributed by atoms with Crippen LogP contribution in [0, 0.1) is 5.41 Å². The third kappa shape index (κ3) is 5.45. The van der Waals surface area contributed by atoms with E-state index in [2.05, 4.69) is 10.6 Å². The molecule has 0 saturated carbocycles. The first-order chi connectivity index (χ1) is 12.0. The Bertz CT molecular complexity index is 759. The Kier molecular flexibility index (Phi) is 5.95. The number of amides is 3. The smallest absolute Gasteiger partial charge is 0.319 e. The summed E-state index contributed by atoms with van der Waals surface area (Å²) in [6.07, 6.45) is 2.56. The van der Waals surface area contributed by atoms with Crippen LogP contribution in [0.25, 0.3) is 0 Å². The molecule has 144 valence electrons. The van der Waals surface area contributed by atoms with Gasteiger partial charge in [-0.25, -0.2) is 13.2 Å². The Hall–Kier alpha value is -2.09. The van der Waals surface area contributed by atoms with Gasteiger partial charge in [0.1, 0.15) is 0 Å². The summed E-state index contributed by atoms with van der Waals surface area (Å²) < 4.78 is 22.9. The molecule has 0 radical (unpaired) electrons. The van der Waals surface area contributed by atoms with E-state index in [4.69, 9.17) is 0 Å². The number of carbonyl (C=O) groups is 2. The zero-order valence-corrected chi connectivity index (χ0v) is 16.5. The van der Waals surface area contributed by atoms with Crippen molar-refractivity contribution >= 4 is 27.5 Å². The Morgan fingerprint density at radius 1 is 1.08 bits per heavy atom. The first-order valence-electron chi connectivity index (χ1n) is 8.64. The van der Waals surface area contributed by atoms with Gasteiger partial charge in [-0.2, -0.15) is 0 Å². The number of rotatable bonds is 3. The lowest BCUT2D eigenvalue weighted by Crippen LogP contribution is -2.49. The predicted octanol–water partition coefficient (Wildman–Crippen LogP) is 2.25. The zero-order chi connectivity index (χ0) is 19.5. The van der Waals surface area contributed by atoms with Crippen LogP contribution in [0.15, 0.2) is 29.2 Å². The van der Waals surface area contributed by atoms with Gasteiger partial charge in [0.05, 0.1) is 4.90 Å². The monoisotopic (exact) mass is 381 g/mol. The molecule has 7 nitrogen and oxygen atoms in total. The lowest BCUT2D eigenvalue weighted by atomic mass is 9.93. The predicted molar refractivity (Wildman–Crippen MR) is 101 cm³/mol. The molecule has 0 unspecified atom stereocenters. The van der Waals surface area contributed by atoms with Crippen molar-refractivity contribution in [3.63, 3.8) is 0 Å². The topological polar surface area (TPSA) is 95.6 Å². The fourth-order valence-electron chi connectivity index (χ4n) is 2.84. The van der Waals surface area contributed by atoms with E-state index in [1.54, 1.807) is 12.1 Å². The summed E-state index contributed by atoms with van der Waals surface area (Å²) in [5.41, 5.74) is 0.130. The van der Waals surface area contributed by atoms with E-state index in [1.165, 1.54) is 12.1 Å². The van der Waals surface area contributed by atoms with Gasteiger partial charge in [-0.05, 0) is 37.1 Å². The first-order valence-corrected chi connectivity index (χ1v) is 10.5. The Balaban J connectivity index is 1.83. The van der Waals surface area contributed by atoms with Gasteiger partial charge in [0.2, 0.25) is 5.91 Å². The summed E-state index contributed by atoms with van der Waals surface area (Å²) >= 11 is 0. The molecule has 26 heavy (non-hydrogen) atoms. The highest BCUT2D eigenvalue weighted by Gasteiger charge is 2.30. The van der Waals surface area contributed by atoms with Crippen LogP contribution >= 0.6 is 0 Å². The normalized spacial score (nSPS) is 16.2. The van der Waals surface area contributed by atoms with Crippen molar-refractivity contribution in [2.45, 2.75) is 44.6 Å². The van der Waals surface area contributed by atoms with Crippen molar-refractivity contribution in [1.29, 1.82) is 0 Å². The van der Waals surface area contributed by atoms with Crippen LogP contribution in [0.3, 0.4) is 0 Å². The fraction of sp³-hybridized carbons (Fsp3) is 0.556. The summed E-state index contributed by atoms with van der Waals surface area (Å²) in [5, 5.41) is 5.60. The standard InChI is InChI=1S/C18H27N3O4S/c1-18(2,3)16(22)21-11-9-14(10-12-21)20-17(23)19-13-5-7-15(8-6-13)26(4,24)25/h5-8,14H,9-12H2,1-4H3,(H2,19,20,23). The average Bonchev–Trinajstić information content (AvgIpc) is 2.53. The maximum atomic E-state index is 12.3. The summed E-state index contributed by atoms with van der Waals surface area (Å²) in [6.45, 7) is 6.97. The molecule has 0 atom stereocenters. The second-order valence-corrected chi connectivity index (χ2v) is 9.73. The molecule has 1 heterocycles. The van der Waals surface area contributed by atoms with Crippen LogP contribution in [0.4, 0.5) is 10.5 Å². The molecular weight excluding hydrogens is 354 g/mol. The molecule has 3 amide bonds. The first kappa shape index (κ1) is 20.2. The number of carbonyl (C=O) groups excluding carboxylic acids is 2. The van der Waals surface area contributed by atoms with Gasteiger partial charge in [-0.15, -0.1) is 0 Å². The van der Waals surface area contributed by atoms with E-state index >= 15 is 0 Å². The number of benzene rings is 1. The molecule has 1 saturated heterocycles. The molecule has 0 spiro atoms. The van der Waals surface area contributed by atoms with E-state index in [9.17, 15) is 18.0 Å². The SMILES string of the molecule is CC(C)(C)C(=O)N1CCC(NC(=O)Nc2ccc(S(C)(=O)=O)cc2)CC1. The second kappa shape index (κ2) is 7.65. The van der Waals surface area contributed by atoms with E-state index < -0.39 is 15.3 Å². The highest BCUT2D eigenvalue weighted by atomic mass is 32.2. The van der Waals surface area contributed by atoms with Crippen LogP contribution in [0.1, 0.15) is 33.6 Å². The Morgan fingerprint density at radius 3 is 2.08 bits per heavy atom. The lowest BCUT2D eigenvalue weighted by Gasteiger charge is -2.35. The van der Waals surface area contributed by atoms with Crippen LogP contribution in [0.2, 0.25) is 0 Å². The van der Waals surface area contributed by atoms with Gasteiger partial charge in [0, 0.05) is 36.5 Å². The number of nitrogens with one attached hydrogen (secondary N) is 2. The molecule has 1 aromatic rings. The molecular formula is C18H27N3O4S. The van der Waals surface area contributed by atoms with E-state index in [1.807, 2.05) is 25.7 Å². The minimum atomic E-state index is -3.25. The molecule has 8 heteroatoms. The van der Waals surface area contributed by atoms with Crippen LogP contribution in [-0.4, -0.2) is 50.6 Å². The highest BCUT2D eigenvalue weighted by molar-refractivity contribution is 7.90. The zero-order valence-electron chi connectivity index (χ0n) is 15.7. The highest BCUT2D eigenvalue weighted by Crippen LogP contribution is 2.21. The summed E-state index contributed by atoms with van der Waals surface area (Å²) in [5.74, 6) is 0.131. The third-order valence-electron chi connectivity index (χ3n) is 4.30. The number of hydrogen-bond donors (Lipinski definition) is 2. The number of anilines is 1. The molecule has 2 rings (SSSR count). The Morgan fingerprint density at radius 2 is 1.62 bits per heavy atom. The average molecular weight is 381 g/mol. The van der Waals surface area contributed by atoms with Crippen molar-refractivity contribution in [2.24, 2.45) is 5.41 Å². The summed E-state index contributed by atoms with van der Waals surface area (Å²) in [7, 11) is -3.25. The summed E-state index contributed by atoms with van der Waals surface area (Å²) in [4.78, 5) is 26.4. The minimum Gasteiger partial charge on any atom is -0.342 e. The number of nitrogens with zero attached hydrogens (tertiary/aromatic N) is 1. The van der Waals surface area contributed by atoms with Gasteiger partial charge in [0.15, 0.2) is 9.84 Å². The lowest BCUT2D eigenvalue weighted by molar-refractivity contribution is -0.140. The van der Waals surface area contributed by atoms with Gasteiger partial charge >= 0.3 is 6.03 Å². The summed E-state index contributed by atoms with van der Waals surface area (Å²) in [6, 6.07) is 5.71. The molecule has 1 aliphatic heterocycles. The van der Waals surface area contributed by atoms with Gasteiger partial charge in [0.25, 0.3) is 0 Å². The number of piperidine rings is 1. The van der Waals surface area contributed by atoms with Gasteiger partial charge in [-0.1, -0.05) is 20.8 Å². The minimum absolute atomic E-state index is 0.00862. The quantitative estimate of drug-likeness (QED) is 0.839. The maximum Gasteiger partial charge on any atom is 0.319 e. The number of hydrogen-bond acceptors (Lipinski definition) is 4. The molecule has 0 aromatic heterocycles. The number of likely N-dealkylation sites (tertiary alicyclic amines) is 1. The van der Waals surface area contributed by atoms with E-state index in [-0.39, 0.29) is 22.9 Å². The fourth-order valence-corrected chi connectivity index (χ4v) is 3.47. The van der Waals surface area contributed by atoms with Gasteiger partial charge in [-0.3, -0.25) is 4.79 Å². The molecule has 0 aliphatic carbocycles. The van der Waals surface area contributed by atoms with Crippen molar-refractivity contribution in [1.82, 2.24) is 10.2 Å². The molecule has 0 bridgehead atoms. The van der Waals surface area contributed by atoms with Crippen molar-refractivity contribution in [3.05, 3.63) is 24.3 Å². The largest absolute Gasteiger partial charge is 0.342 e. The van der Waals surface area contributed by atoms with Crippen LogP contribution in [-0.2, 0) is 14.6 Å². The number of urea groups is 1. The second-order valence-electron chi connectivity index (χ2n) is 7.71. The van der Waals surface area contributed by atoms with E-state index in [0.29, 0.717) is 31.6 Å². The van der Waals surface area contributed by atoms with Crippen LogP contribution < -0.4 is 10.6 Å². The Labute approximate surface area is 155 Å². The maximum absolute atomic E-state index is 12.3. The van der Waals surface area contributed by atoms with Gasteiger partial charge < -0.3 is 15.5 Å². The van der Waals surface area contributed by atoms with Crippen molar-refractivity contribution in [3.8, 4) is 0 Å². The third-order valence-corrected chi connectivity index (χ3v) is 5.43. The van der Waals surface area contributed by atoms with Crippen molar-refractivity contribution < 1.29 is 18.0 Å². The molecule has 2 N–H and O–H groups in total. The molecule has 1 aliphatic rings. The van der Waals surface area contributed by atoms with E-state index in [0.717, 1.165) is 6.26 Å². The number of sulfone groups is 1. The van der Waals surface area contributed by atoms with Crippen molar-refractivity contribution in [2.75, 3.05) is 24.7 Å². The molecule has 1 fully saturated rings. The van der Waals surface area contributed by atoms with Crippen LogP contribution in [0.5, 0.6) is 0 Å². The molecule has 1 aromatic carbocycles.